The first-order valence-electron chi connectivity index (χ1n) is 5.51. The maximum atomic E-state index is 12.2. The van der Waals surface area contributed by atoms with Gasteiger partial charge in [0.25, 0.3) is 0 Å². The van der Waals surface area contributed by atoms with Gasteiger partial charge in [0, 0.05) is 22.5 Å². The van der Waals surface area contributed by atoms with Crippen LogP contribution in [0.25, 0.3) is 0 Å². The van der Waals surface area contributed by atoms with E-state index in [-0.39, 0.29) is 26.0 Å². The lowest BCUT2D eigenvalue weighted by molar-refractivity contribution is 0.546. The molecule has 19 heavy (non-hydrogen) atoms. The SMILES string of the molecule is CCC(CC(N)=S)NS(=O)(=O)c1cc(Cl)cc(Cl)c1. The molecule has 1 aromatic carbocycles. The van der Waals surface area contributed by atoms with E-state index in [9.17, 15) is 8.42 Å². The number of hydrogen-bond acceptors (Lipinski definition) is 3. The van der Waals surface area contributed by atoms with Gasteiger partial charge in [0.15, 0.2) is 0 Å². The summed E-state index contributed by atoms with van der Waals surface area (Å²) >= 11 is 16.4. The van der Waals surface area contributed by atoms with Gasteiger partial charge in [-0.15, -0.1) is 0 Å². The monoisotopic (exact) mass is 340 g/mol. The van der Waals surface area contributed by atoms with Gasteiger partial charge in [0.1, 0.15) is 0 Å². The zero-order chi connectivity index (χ0) is 14.6. The molecular weight excluding hydrogens is 327 g/mol. The number of benzene rings is 1. The van der Waals surface area contributed by atoms with Crippen LogP contribution >= 0.6 is 35.4 Å². The predicted octanol–water partition coefficient (Wildman–Crippen LogP) is 2.73. The van der Waals surface area contributed by atoms with Gasteiger partial charge in [-0.3, -0.25) is 0 Å². The van der Waals surface area contributed by atoms with E-state index in [0.29, 0.717) is 12.8 Å². The molecule has 0 aromatic heterocycles. The first-order valence-corrected chi connectivity index (χ1v) is 8.16. The minimum Gasteiger partial charge on any atom is -0.393 e. The molecule has 0 saturated heterocycles. The third-order valence-electron chi connectivity index (χ3n) is 2.41. The molecule has 0 amide bonds. The molecule has 0 spiro atoms. The van der Waals surface area contributed by atoms with Crippen LogP contribution in [-0.2, 0) is 10.0 Å². The molecule has 1 rings (SSSR count). The van der Waals surface area contributed by atoms with Crippen LogP contribution in [0.2, 0.25) is 10.0 Å². The lowest BCUT2D eigenvalue weighted by Gasteiger charge is -2.16. The van der Waals surface area contributed by atoms with E-state index in [4.69, 9.17) is 41.2 Å². The Bertz CT molecular complexity index is 556. The quantitative estimate of drug-likeness (QED) is 0.781. The molecule has 1 aromatic rings. The molecule has 0 aliphatic carbocycles. The highest BCUT2D eigenvalue weighted by Crippen LogP contribution is 2.22. The highest BCUT2D eigenvalue weighted by molar-refractivity contribution is 7.89. The summed E-state index contributed by atoms with van der Waals surface area (Å²) in [7, 11) is -3.70. The van der Waals surface area contributed by atoms with Gasteiger partial charge in [-0.2, -0.15) is 0 Å². The number of rotatable bonds is 6. The summed E-state index contributed by atoms with van der Waals surface area (Å²) < 4.78 is 26.9. The van der Waals surface area contributed by atoms with E-state index in [1.807, 2.05) is 6.92 Å². The summed E-state index contributed by atoms with van der Waals surface area (Å²) in [5.74, 6) is 0. The van der Waals surface area contributed by atoms with Crippen molar-refractivity contribution in [1.29, 1.82) is 0 Å². The van der Waals surface area contributed by atoms with Gasteiger partial charge >= 0.3 is 0 Å². The summed E-state index contributed by atoms with van der Waals surface area (Å²) in [5, 5.41) is 0.519. The van der Waals surface area contributed by atoms with E-state index < -0.39 is 10.0 Å². The molecule has 1 atom stereocenters. The Balaban J connectivity index is 3.00. The topological polar surface area (TPSA) is 72.2 Å². The number of nitrogens with two attached hydrogens (primary N) is 1. The van der Waals surface area contributed by atoms with E-state index in [0.717, 1.165) is 0 Å². The average Bonchev–Trinajstić information content (AvgIpc) is 2.25. The Hall–Kier alpha value is -0.400. The minimum absolute atomic E-state index is 0.0198. The average molecular weight is 341 g/mol. The summed E-state index contributed by atoms with van der Waals surface area (Å²) in [6.07, 6.45) is 0.879. The number of halogens is 2. The fourth-order valence-electron chi connectivity index (χ4n) is 1.48. The van der Waals surface area contributed by atoms with Crippen molar-refractivity contribution in [3.05, 3.63) is 28.2 Å². The number of nitrogens with one attached hydrogen (secondary N) is 1. The second-order valence-electron chi connectivity index (χ2n) is 4.00. The standard InChI is InChI=1S/C11H14Cl2N2O2S2/c1-2-9(6-11(14)18)15-19(16,17)10-4-7(12)3-8(13)5-10/h3-5,9,15H,2,6H2,1H3,(H2,14,18). The van der Waals surface area contributed by atoms with Crippen molar-refractivity contribution in [2.75, 3.05) is 0 Å². The molecule has 0 radical (unpaired) electrons. The van der Waals surface area contributed by atoms with Crippen LogP contribution in [0, 0.1) is 0 Å². The molecule has 4 nitrogen and oxygen atoms in total. The minimum atomic E-state index is -3.70. The van der Waals surface area contributed by atoms with Crippen molar-refractivity contribution >= 4 is 50.4 Å². The second-order valence-corrected chi connectivity index (χ2v) is 7.11. The molecule has 3 N–H and O–H groups in total. The summed E-state index contributed by atoms with van der Waals surface area (Å²) in [4.78, 5) is 0.282. The van der Waals surface area contributed by atoms with Crippen LogP contribution < -0.4 is 10.5 Å². The first kappa shape index (κ1) is 16.7. The second kappa shape index (κ2) is 6.85. The molecule has 0 heterocycles. The fourth-order valence-corrected chi connectivity index (χ4v) is 3.73. The van der Waals surface area contributed by atoms with Gasteiger partial charge in [0.05, 0.1) is 9.88 Å². The van der Waals surface area contributed by atoms with E-state index >= 15 is 0 Å². The molecule has 0 saturated carbocycles. The van der Waals surface area contributed by atoms with Crippen molar-refractivity contribution in [2.45, 2.75) is 30.7 Å². The molecule has 0 aliphatic heterocycles. The Morgan fingerprint density at radius 1 is 1.37 bits per heavy atom. The first-order chi connectivity index (χ1) is 8.74. The van der Waals surface area contributed by atoms with Crippen LogP contribution in [0.1, 0.15) is 19.8 Å². The number of thiocarbonyl (C=S) groups is 1. The summed E-state index contributed by atoms with van der Waals surface area (Å²) in [5.41, 5.74) is 5.43. The number of sulfonamides is 1. The third kappa shape index (κ3) is 5.24. The molecule has 0 bridgehead atoms. The highest BCUT2D eigenvalue weighted by Gasteiger charge is 2.20. The third-order valence-corrected chi connectivity index (χ3v) is 4.51. The Morgan fingerprint density at radius 2 is 1.89 bits per heavy atom. The van der Waals surface area contributed by atoms with Crippen LogP contribution in [0.15, 0.2) is 23.1 Å². The summed E-state index contributed by atoms with van der Waals surface area (Å²) in [6, 6.07) is 3.79. The van der Waals surface area contributed by atoms with Gasteiger partial charge in [0.2, 0.25) is 10.0 Å². The summed E-state index contributed by atoms with van der Waals surface area (Å²) in [6.45, 7) is 1.84. The molecule has 8 heteroatoms. The maximum absolute atomic E-state index is 12.2. The molecule has 0 fully saturated rings. The van der Waals surface area contributed by atoms with Crippen molar-refractivity contribution in [3.63, 3.8) is 0 Å². The Labute approximate surface area is 128 Å². The largest absolute Gasteiger partial charge is 0.393 e. The van der Waals surface area contributed by atoms with Crippen molar-refractivity contribution in [3.8, 4) is 0 Å². The molecule has 1 unspecified atom stereocenters. The zero-order valence-corrected chi connectivity index (χ0v) is 13.3. The smallest absolute Gasteiger partial charge is 0.240 e. The molecule has 0 aliphatic rings. The van der Waals surface area contributed by atoms with Crippen molar-refractivity contribution in [1.82, 2.24) is 4.72 Å². The Morgan fingerprint density at radius 3 is 2.32 bits per heavy atom. The van der Waals surface area contributed by atoms with Crippen LogP contribution in [0.3, 0.4) is 0 Å². The normalized spacial score (nSPS) is 13.2. The van der Waals surface area contributed by atoms with E-state index in [2.05, 4.69) is 4.72 Å². The van der Waals surface area contributed by atoms with E-state index in [1.165, 1.54) is 18.2 Å². The van der Waals surface area contributed by atoms with Crippen LogP contribution in [-0.4, -0.2) is 19.4 Å². The zero-order valence-electron chi connectivity index (χ0n) is 10.2. The lowest BCUT2D eigenvalue weighted by atomic mass is 10.2. The van der Waals surface area contributed by atoms with Gasteiger partial charge < -0.3 is 5.73 Å². The van der Waals surface area contributed by atoms with Crippen molar-refractivity contribution < 1.29 is 8.42 Å². The van der Waals surface area contributed by atoms with Crippen LogP contribution in [0.5, 0.6) is 0 Å². The van der Waals surface area contributed by atoms with Crippen molar-refractivity contribution in [2.24, 2.45) is 5.73 Å². The Kier molecular flexibility index (Phi) is 6.01. The molecular formula is C11H14Cl2N2O2S2. The van der Waals surface area contributed by atoms with Gasteiger partial charge in [-0.1, -0.05) is 42.3 Å². The predicted molar refractivity (Wildman–Crippen MR) is 82.3 cm³/mol. The molecule has 106 valence electrons. The number of hydrogen-bond donors (Lipinski definition) is 2. The van der Waals surface area contributed by atoms with Gasteiger partial charge in [-0.25, -0.2) is 13.1 Å². The maximum Gasteiger partial charge on any atom is 0.240 e. The fraction of sp³-hybridized carbons (Fsp3) is 0.364. The van der Waals surface area contributed by atoms with E-state index in [1.54, 1.807) is 0 Å². The highest BCUT2D eigenvalue weighted by atomic mass is 35.5. The lowest BCUT2D eigenvalue weighted by Crippen LogP contribution is -2.37. The van der Waals surface area contributed by atoms with Gasteiger partial charge in [-0.05, 0) is 24.6 Å². The van der Waals surface area contributed by atoms with Crippen LogP contribution in [0.4, 0.5) is 0 Å².